The van der Waals surface area contributed by atoms with Gasteiger partial charge in [-0.05, 0) is 45.4 Å². The Bertz CT molecular complexity index is 1230. The van der Waals surface area contributed by atoms with Gasteiger partial charge in [0, 0.05) is 25.5 Å². The fourth-order valence-electron chi connectivity index (χ4n) is 5.13. The van der Waals surface area contributed by atoms with Crippen LogP contribution >= 0.6 is 23.2 Å². The Morgan fingerprint density at radius 1 is 1.15 bits per heavy atom. The van der Waals surface area contributed by atoms with Crippen LogP contribution in [-0.4, -0.2) is 68.2 Å². The van der Waals surface area contributed by atoms with Gasteiger partial charge in [0.1, 0.15) is 0 Å². The maximum Gasteiger partial charge on any atom is 0.433 e. The maximum absolute atomic E-state index is 14.4. The van der Waals surface area contributed by atoms with Gasteiger partial charge in [-0.3, -0.25) is 24.0 Å². The molecule has 2 aromatic heterocycles. The third-order valence-corrected chi connectivity index (χ3v) is 7.99. The molecule has 1 amide bonds. The van der Waals surface area contributed by atoms with Crippen molar-refractivity contribution in [3.05, 3.63) is 45.5 Å². The molecule has 2 fully saturated rings. The molecule has 0 spiro atoms. The van der Waals surface area contributed by atoms with E-state index in [0.29, 0.717) is 19.4 Å². The smallest absolute Gasteiger partial charge is 0.433 e. The number of carboxylic acid groups (broad SMARTS) is 1. The molecule has 4 rings (SSSR count). The zero-order chi connectivity index (χ0) is 28.5. The number of aromatic nitrogens is 3. The Kier molecular flexibility index (Phi) is 8.58. The topological polar surface area (TPSA) is 115 Å². The van der Waals surface area contributed by atoms with Crippen LogP contribution in [-0.2, 0) is 15.7 Å². The number of ketones is 1. The predicted molar refractivity (Wildman–Crippen MR) is 134 cm³/mol. The molecule has 0 bridgehead atoms. The van der Waals surface area contributed by atoms with Crippen molar-refractivity contribution in [1.29, 1.82) is 0 Å². The lowest BCUT2D eigenvalue weighted by molar-refractivity contribution is -0.152. The first-order valence-corrected chi connectivity index (χ1v) is 13.2. The number of carbonyl (C=O) groups excluding carboxylic acids is 2. The molecule has 1 atom stereocenters. The van der Waals surface area contributed by atoms with Crippen molar-refractivity contribution >= 4 is 40.9 Å². The number of nitrogens with zero attached hydrogens (tertiary/aromatic N) is 4. The summed E-state index contributed by atoms with van der Waals surface area (Å²) >= 11 is 12.2. The van der Waals surface area contributed by atoms with Crippen molar-refractivity contribution in [2.75, 3.05) is 19.7 Å². The fraction of sp³-hybridized carbons (Fsp3) is 0.560. The van der Waals surface area contributed by atoms with Gasteiger partial charge in [-0.25, -0.2) is 0 Å². The van der Waals surface area contributed by atoms with Crippen LogP contribution in [0.1, 0.15) is 77.9 Å². The van der Waals surface area contributed by atoms with Crippen molar-refractivity contribution in [1.82, 2.24) is 19.7 Å². The molecule has 0 unspecified atom stereocenters. The molecule has 1 saturated heterocycles. The predicted octanol–water partition coefficient (Wildman–Crippen LogP) is 5.31. The summed E-state index contributed by atoms with van der Waals surface area (Å²) in [5.74, 6) is -2.71. The highest BCUT2D eigenvalue weighted by Crippen LogP contribution is 2.43. The van der Waals surface area contributed by atoms with Crippen LogP contribution in [0, 0.1) is 5.41 Å². The second-order valence-electron chi connectivity index (χ2n) is 10.2. The molecule has 1 saturated carbocycles. The third-order valence-electron chi connectivity index (χ3n) is 7.42. The van der Waals surface area contributed by atoms with Crippen molar-refractivity contribution in [2.24, 2.45) is 5.41 Å². The van der Waals surface area contributed by atoms with Gasteiger partial charge in [0.25, 0.3) is 5.91 Å². The average Bonchev–Trinajstić information content (AvgIpc) is 3.53. The van der Waals surface area contributed by atoms with E-state index in [2.05, 4.69) is 10.1 Å². The number of pyridine rings is 1. The van der Waals surface area contributed by atoms with Crippen LogP contribution in [0.3, 0.4) is 0 Å². The number of Topliss-reactive ketones (excluding diaryl/α,β-unsaturated/α-hetero) is 1. The molecular weight excluding hydrogens is 564 g/mol. The number of carbonyl (C=O) groups is 3. The minimum Gasteiger partial charge on any atom is -0.481 e. The van der Waals surface area contributed by atoms with Crippen molar-refractivity contribution in [3.8, 4) is 0 Å². The molecule has 1 aliphatic carbocycles. The van der Waals surface area contributed by atoms with Gasteiger partial charge in [0.05, 0.1) is 51.5 Å². The molecule has 2 aliphatic rings. The number of hydrogen-bond donors (Lipinski definition) is 1. The molecule has 9 nitrogen and oxygen atoms in total. The van der Waals surface area contributed by atoms with E-state index >= 15 is 0 Å². The van der Waals surface area contributed by atoms with Crippen molar-refractivity contribution < 1.29 is 37.4 Å². The fourth-order valence-corrected chi connectivity index (χ4v) is 5.71. The highest BCUT2D eigenvalue weighted by Gasteiger charge is 2.45. The van der Waals surface area contributed by atoms with Crippen LogP contribution in [0.4, 0.5) is 13.2 Å². The van der Waals surface area contributed by atoms with E-state index in [0.717, 1.165) is 15.8 Å². The number of carboxylic acids is 1. The normalized spacial score (nSPS) is 23.5. The lowest BCUT2D eigenvalue weighted by Crippen LogP contribution is -2.41. The quantitative estimate of drug-likeness (QED) is 0.414. The number of alkyl halides is 3. The molecule has 1 aliphatic heterocycles. The molecule has 3 heterocycles. The van der Waals surface area contributed by atoms with Gasteiger partial charge >= 0.3 is 12.1 Å². The Hall–Kier alpha value is -2.70. The number of amides is 1. The number of aliphatic carboxylic acids is 1. The first-order valence-electron chi connectivity index (χ1n) is 12.4. The van der Waals surface area contributed by atoms with Gasteiger partial charge in [-0.1, -0.05) is 23.2 Å². The molecule has 2 aromatic rings. The Labute approximate surface area is 232 Å². The molecule has 0 aromatic carbocycles. The summed E-state index contributed by atoms with van der Waals surface area (Å²) in [4.78, 5) is 43.1. The Balaban J connectivity index is 1.66. The molecule has 212 valence electrons. The van der Waals surface area contributed by atoms with Crippen molar-refractivity contribution in [3.63, 3.8) is 0 Å². The van der Waals surface area contributed by atoms with E-state index in [4.69, 9.17) is 27.9 Å². The van der Waals surface area contributed by atoms with Crippen LogP contribution in [0.15, 0.2) is 18.6 Å². The van der Waals surface area contributed by atoms with Gasteiger partial charge in [0.2, 0.25) is 0 Å². The zero-order valence-corrected chi connectivity index (χ0v) is 22.5. The first kappa shape index (κ1) is 29.3. The summed E-state index contributed by atoms with van der Waals surface area (Å²) < 4.78 is 49.5. The summed E-state index contributed by atoms with van der Waals surface area (Å²) in [7, 11) is 0. The molecule has 14 heteroatoms. The summed E-state index contributed by atoms with van der Waals surface area (Å²) in [6, 6.07) is -0.738. The number of ether oxygens (including phenoxy) is 1. The largest absolute Gasteiger partial charge is 0.481 e. The monoisotopic (exact) mass is 590 g/mol. The van der Waals surface area contributed by atoms with E-state index in [-0.39, 0.29) is 47.8 Å². The van der Waals surface area contributed by atoms with Crippen LogP contribution < -0.4 is 0 Å². The minimum atomic E-state index is -4.94. The molecule has 1 N–H and O–H groups in total. The number of hydrogen-bond acceptors (Lipinski definition) is 6. The van der Waals surface area contributed by atoms with Crippen LogP contribution in [0.5, 0.6) is 0 Å². The highest BCUT2D eigenvalue weighted by molar-refractivity contribution is 6.39. The van der Waals surface area contributed by atoms with E-state index in [1.807, 2.05) is 0 Å². The van der Waals surface area contributed by atoms with Crippen molar-refractivity contribution in [2.45, 2.75) is 63.8 Å². The van der Waals surface area contributed by atoms with Crippen LogP contribution in [0.2, 0.25) is 10.0 Å². The van der Waals surface area contributed by atoms with Gasteiger partial charge < -0.3 is 14.7 Å². The van der Waals surface area contributed by atoms with Gasteiger partial charge in [-0.2, -0.15) is 18.3 Å². The lowest BCUT2D eigenvalue weighted by atomic mass is 9.74. The van der Waals surface area contributed by atoms with Gasteiger partial charge in [0.15, 0.2) is 11.5 Å². The molecular formula is C25H27Cl2F3N4O5. The average molecular weight is 591 g/mol. The third kappa shape index (κ3) is 6.22. The first-order chi connectivity index (χ1) is 18.3. The van der Waals surface area contributed by atoms with E-state index in [9.17, 15) is 32.7 Å². The Morgan fingerprint density at radius 2 is 1.79 bits per heavy atom. The van der Waals surface area contributed by atoms with E-state index < -0.39 is 59.2 Å². The zero-order valence-electron chi connectivity index (χ0n) is 21.0. The highest BCUT2D eigenvalue weighted by atomic mass is 35.5. The second kappa shape index (κ2) is 11.4. The maximum atomic E-state index is 14.4. The molecule has 39 heavy (non-hydrogen) atoms. The van der Waals surface area contributed by atoms with Gasteiger partial charge in [-0.15, -0.1) is 0 Å². The van der Waals surface area contributed by atoms with E-state index in [1.54, 1.807) is 6.92 Å². The second-order valence-corrected chi connectivity index (χ2v) is 11.0. The summed E-state index contributed by atoms with van der Waals surface area (Å²) in [6.07, 6.45) is -0.201. The van der Waals surface area contributed by atoms with E-state index in [1.165, 1.54) is 12.4 Å². The minimum absolute atomic E-state index is 0.0496. The van der Waals surface area contributed by atoms with Crippen LogP contribution in [0.25, 0.3) is 0 Å². The summed E-state index contributed by atoms with van der Waals surface area (Å²) in [6.45, 7) is 1.29. The SMILES string of the molecule is CC1(C(=O)O)CCC(n2ncc(C(=O)N(CC(=O)c3c(Cl)cncc3Cl)C[C@H]3CCCO3)c2C(F)(F)F)CC1. The summed E-state index contributed by atoms with van der Waals surface area (Å²) in [5.41, 5.74) is -3.06. The number of halogens is 5. The number of rotatable bonds is 8. The standard InChI is InChI=1S/C25H27Cl2F3N4O5/c1-24(23(37)38)6-4-14(5-7-24)34-21(25(28,29)30)16(9-32-34)22(36)33(12-15-3-2-8-39-15)13-19(35)20-17(26)10-31-11-18(20)27/h9-11,14-15H,2-8,12-13H2,1H3,(H,37,38)/t14?,15-,24?/m1/s1. The summed E-state index contributed by atoms with van der Waals surface area (Å²) in [5, 5.41) is 13.3. The Morgan fingerprint density at radius 3 is 2.33 bits per heavy atom. The molecule has 0 radical (unpaired) electrons. The lowest BCUT2D eigenvalue weighted by Gasteiger charge is -2.34.